The highest BCUT2D eigenvalue weighted by Crippen LogP contribution is 2.33. The standard InChI is InChI=1S/C18H18N8S/c19-17(20)23-6-5-11-1-2-12-8-16(27-15(12)7-11)13-3-4-14(24-9-13)10-25-26-18(21)22/h1-10H,(H4,19,20,23)(H4,21,22,26)/b6-5+,25-10+. The summed E-state index contributed by atoms with van der Waals surface area (Å²) in [6.07, 6.45) is 6.72. The monoisotopic (exact) mass is 378 g/mol. The van der Waals surface area contributed by atoms with Gasteiger partial charge in [0, 0.05) is 27.5 Å². The summed E-state index contributed by atoms with van der Waals surface area (Å²) in [7, 11) is 0. The fourth-order valence-corrected chi connectivity index (χ4v) is 3.39. The van der Waals surface area contributed by atoms with Gasteiger partial charge in [0.1, 0.15) is 0 Å². The molecule has 3 aromatic rings. The SMILES string of the molecule is NC(N)=N/C=C/c1ccc2cc(-c3ccc(/C=N/N=C(N)N)nc3)sc2c1. The minimum Gasteiger partial charge on any atom is -0.370 e. The van der Waals surface area contributed by atoms with Crippen LogP contribution in [0.4, 0.5) is 0 Å². The van der Waals surface area contributed by atoms with Crippen molar-refractivity contribution in [3.8, 4) is 10.4 Å². The summed E-state index contributed by atoms with van der Waals surface area (Å²) >= 11 is 1.68. The Morgan fingerprint density at radius 3 is 2.56 bits per heavy atom. The molecule has 0 amide bonds. The lowest BCUT2D eigenvalue weighted by Crippen LogP contribution is -2.21. The fraction of sp³-hybridized carbons (Fsp3) is 0. The Morgan fingerprint density at radius 2 is 1.85 bits per heavy atom. The second kappa shape index (κ2) is 8.11. The summed E-state index contributed by atoms with van der Waals surface area (Å²) in [4.78, 5) is 9.32. The van der Waals surface area contributed by atoms with E-state index < -0.39 is 0 Å². The number of nitrogens with zero attached hydrogens (tertiary/aromatic N) is 4. The third kappa shape index (κ3) is 4.89. The number of thiophene rings is 1. The first-order valence-electron chi connectivity index (χ1n) is 7.88. The van der Waals surface area contributed by atoms with Crippen LogP contribution in [0.15, 0.2) is 64.0 Å². The van der Waals surface area contributed by atoms with Gasteiger partial charge in [-0.1, -0.05) is 12.1 Å². The van der Waals surface area contributed by atoms with Crippen molar-refractivity contribution < 1.29 is 0 Å². The maximum Gasteiger partial charge on any atom is 0.211 e. The van der Waals surface area contributed by atoms with Crippen LogP contribution in [0.3, 0.4) is 0 Å². The molecule has 2 heterocycles. The molecule has 0 saturated heterocycles. The Hall–Kier alpha value is -3.72. The minimum absolute atomic E-state index is 0.0324. The first-order valence-corrected chi connectivity index (χ1v) is 8.70. The molecule has 0 unspecified atom stereocenters. The second-order valence-corrected chi connectivity index (χ2v) is 6.60. The van der Waals surface area contributed by atoms with Crippen molar-refractivity contribution in [2.45, 2.75) is 0 Å². The topological polar surface area (TPSA) is 154 Å². The molecule has 2 aromatic heterocycles. The number of guanidine groups is 2. The number of fused-ring (bicyclic) bond motifs is 1. The molecular weight excluding hydrogens is 360 g/mol. The van der Waals surface area contributed by atoms with Crippen LogP contribution in [0.2, 0.25) is 0 Å². The Bertz CT molecular complexity index is 1050. The van der Waals surface area contributed by atoms with Crippen LogP contribution in [0.5, 0.6) is 0 Å². The van der Waals surface area contributed by atoms with E-state index in [1.807, 2.05) is 24.3 Å². The third-order valence-corrected chi connectivity index (χ3v) is 4.62. The van der Waals surface area contributed by atoms with E-state index in [4.69, 9.17) is 22.9 Å². The van der Waals surface area contributed by atoms with Gasteiger partial charge in [0.2, 0.25) is 5.96 Å². The third-order valence-electron chi connectivity index (χ3n) is 3.47. The van der Waals surface area contributed by atoms with Crippen molar-refractivity contribution in [3.63, 3.8) is 0 Å². The van der Waals surface area contributed by atoms with Crippen LogP contribution in [0, 0.1) is 0 Å². The van der Waals surface area contributed by atoms with E-state index in [-0.39, 0.29) is 11.9 Å². The van der Waals surface area contributed by atoms with Gasteiger partial charge in [0.25, 0.3) is 0 Å². The first kappa shape index (κ1) is 18.1. The molecule has 8 nitrogen and oxygen atoms in total. The predicted molar refractivity (Wildman–Crippen MR) is 113 cm³/mol. The average molecular weight is 378 g/mol. The summed E-state index contributed by atoms with van der Waals surface area (Å²) < 4.78 is 1.16. The molecule has 0 radical (unpaired) electrons. The molecule has 8 N–H and O–H groups in total. The van der Waals surface area contributed by atoms with Crippen LogP contribution >= 0.6 is 11.3 Å². The van der Waals surface area contributed by atoms with E-state index in [9.17, 15) is 0 Å². The molecule has 0 aliphatic rings. The minimum atomic E-state index is -0.0966. The van der Waals surface area contributed by atoms with E-state index in [1.165, 1.54) is 6.21 Å². The summed E-state index contributed by atoms with van der Waals surface area (Å²) in [6.45, 7) is 0. The molecule has 0 aliphatic carbocycles. The number of hydrogen-bond acceptors (Lipinski definition) is 5. The van der Waals surface area contributed by atoms with Gasteiger partial charge in [0.05, 0.1) is 11.9 Å². The van der Waals surface area contributed by atoms with Crippen molar-refractivity contribution in [1.82, 2.24) is 4.98 Å². The molecule has 0 aliphatic heterocycles. The molecule has 136 valence electrons. The zero-order chi connectivity index (χ0) is 19.2. The quantitative estimate of drug-likeness (QED) is 0.303. The zero-order valence-corrected chi connectivity index (χ0v) is 15.1. The number of hydrogen-bond donors (Lipinski definition) is 4. The smallest absolute Gasteiger partial charge is 0.211 e. The van der Waals surface area contributed by atoms with E-state index in [1.54, 1.807) is 23.7 Å². The molecule has 9 heteroatoms. The fourth-order valence-electron chi connectivity index (χ4n) is 2.29. The molecule has 27 heavy (non-hydrogen) atoms. The highest BCUT2D eigenvalue weighted by atomic mass is 32.1. The van der Waals surface area contributed by atoms with Crippen molar-refractivity contribution in [2.24, 2.45) is 38.1 Å². The molecule has 0 bridgehead atoms. The number of rotatable bonds is 5. The Labute approximate surface area is 159 Å². The van der Waals surface area contributed by atoms with E-state index >= 15 is 0 Å². The Morgan fingerprint density at radius 1 is 1.00 bits per heavy atom. The molecule has 0 saturated carbocycles. The molecule has 1 aromatic carbocycles. The lowest BCUT2D eigenvalue weighted by Gasteiger charge is -1.96. The van der Waals surface area contributed by atoms with Crippen LogP contribution in [0.1, 0.15) is 11.3 Å². The van der Waals surface area contributed by atoms with E-state index in [2.05, 4.69) is 38.4 Å². The summed E-state index contributed by atoms with van der Waals surface area (Å²) in [5.41, 5.74) is 23.8. The highest BCUT2D eigenvalue weighted by molar-refractivity contribution is 7.22. The maximum absolute atomic E-state index is 5.31. The van der Waals surface area contributed by atoms with Gasteiger partial charge in [-0.15, -0.1) is 16.4 Å². The number of pyridine rings is 1. The maximum atomic E-state index is 5.31. The van der Waals surface area contributed by atoms with Crippen LogP contribution in [-0.4, -0.2) is 23.1 Å². The average Bonchev–Trinajstić information content (AvgIpc) is 3.05. The van der Waals surface area contributed by atoms with Gasteiger partial charge in [-0.25, -0.2) is 4.99 Å². The number of aliphatic imine (C=N–C) groups is 1. The summed E-state index contributed by atoms with van der Waals surface area (Å²) in [5, 5.41) is 8.45. The molecule has 3 rings (SSSR count). The van der Waals surface area contributed by atoms with Crippen LogP contribution < -0.4 is 22.9 Å². The van der Waals surface area contributed by atoms with Crippen LogP contribution in [0.25, 0.3) is 26.6 Å². The number of benzene rings is 1. The summed E-state index contributed by atoms with van der Waals surface area (Å²) in [5.74, 6) is -0.0642. The van der Waals surface area contributed by atoms with Gasteiger partial charge in [-0.05, 0) is 41.3 Å². The van der Waals surface area contributed by atoms with Crippen molar-refractivity contribution in [3.05, 3.63) is 60.1 Å². The number of nitrogens with two attached hydrogens (primary N) is 4. The zero-order valence-electron chi connectivity index (χ0n) is 14.3. The van der Waals surface area contributed by atoms with E-state index in [0.717, 1.165) is 26.1 Å². The predicted octanol–water partition coefficient (Wildman–Crippen LogP) is 1.81. The van der Waals surface area contributed by atoms with Gasteiger partial charge in [-0.2, -0.15) is 5.10 Å². The molecule has 0 atom stereocenters. The van der Waals surface area contributed by atoms with Crippen LogP contribution in [-0.2, 0) is 0 Å². The first-order chi connectivity index (χ1) is 13.0. The molecule has 0 fully saturated rings. The summed E-state index contributed by atoms with van der Waals surface area (Å²) in [6, 6.07) is 12.1. The van der Waals surface area contributed by atoms with Gasteiger partial charge >= 0.3 is 0 Å². The highest BCUT2D eigenvalue weighted by Gasteiger charge is 2.05. The van der Waals surface area contributed by atoms with Crippen molar-refractivity contribution in [1.29, 1.82) is 0 Å². The Balaban J connectivity index is 1.82. The van der Waals surface area contributed by atoms with Crippen molar-refractivity contribution in [2.75, 3.05) is 0 Å². The lowest BCUT2D eigenvalue weighted by atomic mass is 10.1. The Kier molecular flexibility index (Phi) is 5.43. The molecular formula is C18H18N8S. The van der Waals surface area contributed by atoms with Gasteiger partial charge < -0.3 is 22.9 Å². The van der Waals surface area contributed by atoms with E-state index in [0.29, 0.717) is 5.69 Å². The normalized spacial score (nSPS) is 11.3. The number of aromatic nitrogens is 1. The molecule has 0 spiro atoms. The lowest BCUT2D eigenvalue weighted by molar-refractivity contribution is 1.20. The van der Waals surface area contributed by atoms with Gasteiger partial charge in [-0.3, -0.25) is 4.98 Å². The van der Waals surface area contributed by atoms with Crippen molar-refractivity contribution >= 4 is 45.6 Å². The van der Waals surface area contributed by atoms with Gasteiger partial charge in [0.15, 0.2) is 5.96 Å². The largest absolute Gasteiger partial charge is 0.370 e. The second-order valence-electron chi connectivity index (χ2n) is 5.52.